The standard InChI is InChI=1S/C22H18ClFIN5O6/c23-15-9-12(25)1-4-17(15)28-18-10-13(2-3-14(18)22(33)26-5-6-31)27-20-16(24)7-11(21(32)29-34)8-19(20)30(35)36/h1-4,7-10,27-28,31,34H,5-6H2,(H,26,33)(H,29,32). The summed E-state index contributed by atoms with van der Waals surface area (Å²) in [5, 5.41) is 37.8. The first-order chi connectivity index (χ1) is 17.1. The molecule has 11 nitrogen and oxygen atoms in total. The van der Waals surface area contributed by atoms with Crippen molar-refractivity contribution < 1.29 is 29.2 Å². The van der Waals surface area contributed by atoms with Crippen LogP contribution in [0.2, 0.25) is 5.02 Å². The fourth-order valence-electron chi connectivity index (χ4n) is 3.12. The van der Waals surface area contributed by atoms with Crippen molar-refractivity contribution in [3.8, 4) is 0 Å². The van der Waals surface area contributed by atoms with Gasteiger partial charge in [-0.3, -0.25) is 24.9 Å². The van der Waals surface area contributed by atoms with Crippen molar-refractivity contribution in [2.45, 2.75) is 0 Å². The van der Waals surface area contributed by atoms with E-state index >= 15 is 0 Å². The zero-order chi connectivity index (χ0) is 26.4. The van der Waals surface area contributed by atoms with E-state index in [2.05, 4.69) is 38.5 Å². The van der Waals surface area contributed by atoms with Gasteiger partial charge in [0, 0.05) is 21.9 Å². The Kier molecular flexibility index (Phi) is 8.98. The normalized spacial score (nSPS) is 10.5. The van der Waals surface area contributed by atoms with Crippen LogP contribution in [0.4, 0.5) is 32.8 Å². The van der Waals surface area contributed by atoms with Crippen LogP contribution in [0.3, 0.4) is 0 Å². The summed E-state index contributed by atoms with van der Waals surface area (Å²) in [5.74, 6) is -2.76. The van der Waals surface area contributed by atoms with Gasteiger partial charge in [-0.2, -0.15) is 0 Å². The SMILES string of the molecule is O=C(NO)c1cc(F)c(Nc2ccc(C(=O)NCCO)c(Nc3ccc(I)cc3Cl)c2)c([N+](=O)[O-])c1. The van der Waals surface area contributed by atoms with Gasteiger partial charge in [0.2, 0.25) is 0 Å². The summed E-state index contributed by atoms with van der Waals surface area (Å²) >= 11 is 8.39. The van der Waals surface area contributed by atoms with Crippen LogP contribution in [0.25, 0.3) is 0 Å². The van der Waals surface area contributed by atoms with Crippen molar-refractivity contribution in [3.05, 3.63) is 84.2 Å². The van der Waals surface area contributed by atoms with Gasteiger partial charge in [0.05, 0.1) is 39.1 Å². The second-order valence-corrected chi connectivity index (χ2v) is 8.82. The molecule has 2 amide bonds. The van der Waals surface area contributed by atoms with Crippen LogP contribution in [-0.2, 0) is 0 Å². The molecule has 0 spiro atoms. The number of nitrogens with one attached hydrogen (secondary N) is 4. The Hall–Kier alpha value is -3.53. The molecule has 0 atom stereocenters. The lowest BCUT2D eigenvalue weighted by atomic mass is 10.1. The quantitative estimate of drug-likeness (QED) is 0.0881. The first-order valence-corrected chi connectivity index (χ1v) is 11.5. The molecule has 0 aliphatic rings. The predicted octanol–water partition coefficient (Wildman–Crippen LogP) is 4.32. The number of hydroxylamine groups is 1. The monoisotopic (exact) mass is 629 g/mol. The van der Waals surface area contributed by atoms with Crippen molar-refractivity contribution in [2.75, 3.05) is 23.8 Å². The number of nitrogens with zero attached hydrogens (tertiary/aromatic N) is 1. The van der Waals surface area contributed by atoms with Gasteiger partial charge in [-0.05, 0) is 65.1 Å². The highest BCUT2D eigenvalue weighted by molar-refractivity contribution is 14.1. The minimum Gasteiger partial charge on any atom is -0.395 e. The molecule has 36 heavy (non-hydrogen) atoms. The molecule has 0 heterocycles. The van der Waals surface area contributed by atoms with E-state index in [9.17, 15) is 24.1 Å². The Morgan fingerprint density at radius 2 is 1.81 bits per heavy atom. The van der Waals surface area contributed by atoms with Crippen molar-refractivity contribution >= 4 is 74.4 Å². The Balaban J connectivity index is 2.05. The fourth-order valence-corrected chi connectivity index (χ4v) is 4.03. The Morgan fingerprint density at radius 1 is 1.06 bits per heavy atom. The van der Waals surface area contributed by atoms with Crippen molar-refractivity contribution in [1.29, 1.82) is 0 Å². The molecule has 6 N–H and O–H groups in total. The van der Waals surface area contributed by atoms with Crippen LogP contribution in [0.1, 0.15) is 20.7 Å². The molecular formula is C22H18ClFIN5O6. The topological polar surface area (TPSA) is 166 Å². The number of benzene rings is 3. The maximum Gasteiger partial charge on any atom is 0.296 e. The molecular weight excluding hydrogens is 612 g/mol. The Morgan fingerprint density at radius 3 is 2.44 bits per heavy atom. The summed E-state index contributed by atoms with van der Waals surface area (Å²) in [4.78, 5) is 34.9. The molecule has 0 saturated carbocycles. The zero-order valence-electron chi connectivity index (χ0n) is 18.1. The second-order valence-electron chi connectivity index (χ2n) is 7.16. The van der Waals surface area contributed by atoms with Gasteiger partial charge in [-0.1, -0.05) is 11.6 Å². The van der Waals surface area contributed by atoms with Crippen LogP contribution in [0.5, 0.6) is 0 Å². The van der Waals surface area contributed by atoms with E-state index in [0.29, 0.717) is 10.7 Å². The lowest BCUT2D eigenvalue weighted by Crippen LogP contribution is -2.27. The molecule has 14 heteroatoms. The van der Waals surface area contributed by atoms with Crippen LogP contribution in [-0.4, -0.2) is 40.2 Å². The van der Waals surface area contributed by atoms with E-state index in [1.807, 2.05) is 0 Å². The van der Waals surface area contributed by atoms with Gasteiger partial charge in [0.15, 0.2) is 11.5 Å². The second kappa shape index (κ2) is 11.9. The zero-order valence-corrected chi connectivity index (χ0v) is 21.1. The van der Waals surface area contributed by atoms with Crippen molar-refractivity contribution in [2.24, 2.45) is 0 Å². The van der Waals surface area contributed by atoms with Crippen molar-refractivity contribution in [3.63, 3.8) is 0 Å². The third-order valence-electron chi connectivity index (χ3n) is 4.76. The van der Waals surface area contributed by atoms with Gasteiger partial charge >= 0.3 is 0 Å². The van der Waals surface area contributed by atoms with Gasteiger partial charge < -0.3 is 21.1 Å². The minimum atomic E-state index is -1.12. The summed E-state index contributed by atoms with van der Waals surface area (Å²) in [5.41, 5.74) is 0.561. The number of amides is 2. The van der Waals surface area contributed by atoms with Crippen LogP contribution in [0.15, 0.2) is 48.5 Å². The minimum absolute atomic E-state index is 0.00767. The maximum atomic E-state index is 14.8. The number of anilines is 4. The highest BCUT2D eigenvalue weighted by atomic mass is 127. The molecule has 0 bridgehead atoms. The van der Waals surface area contributed by atoms with Gasteiger partial charge in [0.25, 0.3) is 17.5 Å². The fraction of sp³-hybridized carbons (Fsp3) is 0.0909. The van der Waals surface area contributed by atoms with E-state index in [4.69, 9.17) is 21.9 Å². The van der Waals surface area contributed by atoms with Gasteiger partial charge in [-0.25, -0.2) is 9.87 Å². The van der Waals surface area contributed by atoms with E-state index in [0.717, 1.165) is 15.7 Å². The number of carbonyl (C=O) groups excluding carboxylic acids is 2. The maximum absolute atomic E-state index is 14.8. The van der Waals surface area contributed by atoms with Crippen LogP contribution < -0.4 is 21.4 Å². The molecule has 3 aromatic rings. The number of hydrogen-bond donors (Lipinski definition) is 6. The molecule has 0 radical (unpaired) electrons. The highest BCUT2D eigenvalue weighted by Gasteiger charge is 2.23. The first kappa shape index (κ1) is 27.1. The number of aliphatic hydroxyl groups excluding tert-OH is 1. The third-order valence-corrected chi connectivity index (χ3v) is 5.74. The van der Waals surface area contributed by atoms with Crippen molar-refractivity contribution in [1.82, 2.24) is 10.8 Å². The number of halogens is 3. The number of hydrogen-bond acceptors (Lipinski definition) is 8. The number of aliphatic hydroxyl groups is 1. The lowest BCUT2D eigenvalue weighted by molar-refractivity contribution is -0.384. The predicted molar refractivity (Wildman–Crippen MR) is 139 cm³/mol. The largest absolute Gasteiger partial charge is 0.395 e. The molecule has 0 aliphatic carbocycles. The van der Waals surface area contributed by atoms with Gasteiger partial charge in [0.1, 0.15) is 0 Å². The van der Waals surface area contributed by atoms with Crippen LogP contribution >= 0.6 is 34.2 Å². The number of nitro groups is 1. The number of rotatable bonds is 9. The average molecular weight is 630 g/mol. The summed E-state index contributed by atoms with van der Waals surface area (Å²) in [7, 11) is 0. The molecule has 0 fully saturated rings. The van der Waals surface area contributed by atoms with E-state index in [1.165, 1.54) is 23.7 Å². The smallest absolute Gasteiger partial charge is 0.296 e. The average Bonchev–Trinajstić information content (AvgIpc) is 2.84. The number of nitro benzene ring substituents is 1. The molecule has 3 aromatic carbocycles. The molecule has 188 valence electrons. The first-order valence-electron chi connectivity index (χ1n) is 10.1. The lowest BCUT2D eigenvalue weighted by Gasteiger charge is -2.16. The summed E-state index contributed by atoms with van der Waals surface area (Å²) in [6, 6.07) is 10.9. The molecule has 3 rings (SSSR count). The van der Waals surface area contributed by atoms with Gasteiger partial charge in [-0.15, -0.1) is 0 Å². The molecule has 0 aromatic heterocycles. The summed E-state index contributed by atoms with van der Waals surface area (Å²) in [6.45, 7) is -0.266. The molecule has 0 unspecified atom stereocenters. The van der Waals surface area contributed by atoms with E-state index < -0.39 is 39.5 Å². The molecule has 0 saturated heterocycles. The summed E-state index contributed by atoms with van der Waals surface area (Å²) in [6.07, 6.45) is 0. The van der Waals surface area contributed by atoms with E-state index in [-0.39, 0.29) is 30.1 Å². The third kappa shape index (κ3) is 6.37. The van der Waals surface area contributed by atoms with Crippen LogP contribution in [0, 0.1) is 19.5 Å². The Labute approximate surface area is 221 Å². The molecule has 0 aliphatic heterocycles. The van der Waals surface area contributed by atoms with E-state index in [1.54, 1.807) is 18.2 Å². The number of carbonyl (C=O) groups is 2. The summed E-state index contributed by atoms with van der Waals surface area (Å²) < 4.78 is 15.7. The highest BCUT2D eigenvalue weighted by Crippen LogP contribution is 2.35. The Bertz CT molecular complexity index is 1340.